The van der Waals surface area contributed by atoms with Crippen LogP contribution in [-0.2, 0) is 11.3 Å². The lowest BCUT2D eigenvalue weighted by atomic mass is 9.87. The van der Waals surface area contributed by atoms with Gasteiger partial charge in [-0.25, -0.2) is 10.3 Å². The summed E-state index contributed by atoms with van der Waals surface area (Å²) in [5.74, 6) is 0.558. The van der Waals surface area contributed by atoms with E-state index in [9.17, 15) is 10.1 Å². The summed E-state index contributed by atoms with van der Waals surface area (Å²) in [4.78, 5) is 18.5. The molecule has 9 heteroatoms. The molecule has 0 radical (unpaired) electrons. The number of anilines is 1. The molecule has 0 saturated heterocycles. The Bertz CT molecular complexity index is 1260. The number of nitriles is 1. The van der Waals surface area contributed by atoms with Gasteiger partial charge in [0, 0.05) is 24.3 Å². The molecule has 1 aliphatic carbocycles. The van der Waals surface area contributed by atoms with Gasteiger partial charge in [-0.3, -0.25) is 4.68 Å². The summed E-state index contributed by atoms with van der Waals surface area (Å²) in [6.07, 6.45) is 8.09. The Kier molecular flexibility index (Phi) is 7.89. The second-order valence-electron chi connectivity index (χ2n) is 10.3. The quantitative estimate of drug-likeness (QED) is 0.310. The van der Waals surface area contributed by atoms with Gasteiger partial charge in [0.05, 0.1) is 24.6 Å². The third kappa shape index (κ3) is 5.65. The summed E-state index contributed by atoms with van der Waals surface area (Å²) < 4.78 is 13.2. The van der Waals surface area contributed by atoms with Crippen molar-refractivity contribution in [3.05, 3.63) is 66.2 Å². The average molecular weight is 516 g/mol. The van der Waals surface area contributed by atoms with E-state index in [1.54, 1.807) is 12.7 Å². The van der Waals surface area contributed by atoms with Crippen molar-refractivity contribution in [3.63, 3.8) is 0 Å². The van der Waals surface area contributed by atoms with Gasteiger partial charge in [0.15, 0.2) is 0 Å². The van der Waals surface area contributed by atoms with Crippen molar-refractivity contribution in [2.24, 2.45) is 0 Å². The molecule has 2 aromatic carbocycles. The molecule has 1 fully saturated rings. The standard InChI is InChI=1S/C29H34N6O3/c1-20(2)38-29(36)33-22-10-8-21(9-11-22)28-26(17-30)25-13-12-24(16-27(25)35(28)23-6-5-7-23)37-15-4-3-14-34-19-31-18-32-34/h8-13,16,18-20,23,26,28H,3-7,14-15H2,1-2H3,(H,33,36)/p+1. The Morgan fingerprint density at radius 1 is 1.18 bits per heavy atom. The Morgan fingerprint density at radius 3 is 2.66 bits per heavy atom. The van der Waals surface area contributed by atoms with Crippen molar-refractivity contribution < 1.29 is 19.6 Å². The largest absolute Gasteiger partial charge is 0.518 e. The number of quaternary nitrogens is 1. The molecule has 0 spiro atoms. The number of aromatic nitrogens is 3. The maximum Gasteiger partial charge on any atom is 0.518 e. The van der Waals surface area contributed by atoms with Gasteiger partial charge in [-0.2, -0.15) is 15.2 Å². The SMILES string of the molecule is CC(C)OC(=O)[NH2+]c1ccc(C2C(C#N)c3ccc(OCCCCn4cncn4)cc3N2C2CCC2)cc1. The number of nitrogens with zero attached hydrogens (tertiary/aromatic N) is 5. The predicted octanol–water partition coefficient (Wildman–Crippen LogP) is 4.60. The number of aryl methyl sites for hydroxylation is 1. The van der Waals surface area contributed by atoms with Gasteiger partial charge in [0.1, 0.15) is 30.2 Å². The zero-order valence-corrected chi connectivity index (χ0v) is 22.0. The highest BCUT2D eigenvalue weighted by molar-refractivity contribution is 5.68. The minimum Gasteiger partial charge on any atom is -0.494 e. The Hall–Kier alpha value is -3.90. The molecular weight excluding hydrogens is 480 g/mol. The number of hydrogen-bond donors (Lipinski definition) is 1. The van der Waals surface area contributed by atoms with Gasteiger partial charge in [-0.05, 0) is 75.3 Å². The zero-order chi connectivity index (χ0) is 26.5. The number of primary amides is 1. The zero-order valence-electron chi connectivity index (χ0n) is 22.0. The first-order valence-electron chi connectivity index (χ1n) is 13.5. The van der Waals surface area contributed by atoms with Crippen molar-refractivity contribution in [1.82, 2.24) is 14.8 Å². The Balaban J connectivity index is 1.30. The van der Waals surface area contributed by atoms with Crippen molar-refractivity contribution in [2.75, 3.05) is 11.5 Å². The van der Waals surface area contributed by atoms with E-state index >= 15 is 0 Å². The summed E-state index contributed by atoms with van der Waals surface area (Å²) in [7, 11) is 0. The fourth-order valence-corrected chi connectivity index (χ4v) is 5.27. The lowest BCUT2D eigenvalue weighted by Crippen LogP contribution is -2.82. The minimum atomic E-state index is -0.349. The van der Waals surface area contributed by atoms with Crippen LogP contribution < -0.4 is 15.0 Å². The van der Waals surface area contributed by atoms with Crippen LogP contribution in [0, 0.1) is 11.3 Å². The van der Waals surface area contributed by atoms with E-state index < -0.39 is 0 Å². The van der Waals surface area contributed by atoms with Crippen LogP contribution >= 0.6 is 0 Å². The van der Waals surface area contributed by atoms with Crippen LogP contribution in [0.1, 0.15) is 69.0 Å². The molecule has 1 aliphatic heterocycles. The monoisotopic (exact) mass is 515 g/mol. The topological polar surface area (TPSA) is 110 Å². The molecule has 38 heavy (non-hydrogen) atoms. The highest BCUT2D eigenvalue weighted by atomic mass is 16.6. The summed E-state index contributed by atoms with van der Waals surface area (Å²) in [5, 5.41) is 15.9. The first-order chi connectivity index (χ1) is 18.5. The first-order valence-corrected chi connectivity index (χ1v) is 13.5. The number of benzene rings is 2. The van der Waals surface area contributed by atoms with E-state index in [1.165, 1.54) is 11.7 Å². The van der Waals surface area contributed by atoms with E-state index in [1.807, 2.05) is 48.9 Å². The lowest BCUT2D eigenvalue weighted by molar-refractivity contribution is -0.484. The van der Waals surface area contributed by atoms with Gasteiger partial charge in [0.25, 0.3) is 0 Å². The molecule has 1 saturated carbocycles. The molecule has 9 nitrogen and oxygen atoms in total. The van der Waals surface area contributed by atoms with Gasteiger partial charge in [-0.15, -0.1) is 0 Å². The first kappa shape index (κ1) is 25.7. The smallest absolute Gasteiger partial charge is 0.494 e. The lowest BCUT2D eigenvalue weighted by Gasteiger charge is -2.41. The van der Waals surface area contributed by atoms with Gasteiger partial charge < -0.3 is 14.4 Å². The molecule has 2 heterocycles. The minimum absolute atomic E-state index is 0.0742. The van der Waals surface area contributed by atoms with Gasteiger partial charge in [-0.1, -0.05) is 18.2 Å². The second-order valence-corrected chi connectivity index (χ2v) is 10.3. The van der Waals surface area contributed by atoms with Crippen LogP contribution in [0.3, 0.4) is 0 Å². The Morgan fingerprint density at radius 2 is 2.00 bits per heavy atom. The third-order valence-corrected chi connectivity index (χ3v) is 7.27. The van der Waals surface area contributed by atoms with Gasteiger partial charge in [0.2, 0.25) is 0 Å². The highest BCUT2D eigenvalue weighted by Crippen LogP contribution is 2.53. The fraction of sp³-hybridized carbons (Fsp3) is 0.448. The molecular formula is C29H35N6O3+. The number of rotatable bonds is 10. The van der Waals surface area contributed by atoms with E-state index in [4.69, 9.17) is 9.47 Å². The normalized spacial score (nSPS) is 18.6. The molecule has 2 atom stereocenters. The van der Waals surface area contributed by atoms with Crippen LogP contribution in [0.25, 0.3) is 0 Å². The van der Waals surface area contributed by atoms with E-state index in [-0.39, 0.29) is 24.2 Å². The summed E-state index contributed by atoms with van der Waals surface area (Å²) in [6.45, 7) is 5.12. The summed E-state index contributed by atoms with van der Waals surface area (Å²) in [6, 6.07) is 17.0. The van der Waals surface area contributed by atoms with Gasteiger partial charge >= 0.3 is 6.09 Å². The third-order valence-electron chi connectivity index (χ3n) is 7.27. The predicted molar refractivity (Wildman–Crippen MR) is 142 cm³/mol. The van der Waals surface area contributed by atoms with Crippen molar-refractivity contribution in [1.29, 1.82) is 5.26 Å². The number of fused-ring (bicyclic) bond motifs is 1. The fourth-order valence-electron chi connectivity index (χ4n) is 5.27. The Labute approximate surface area is 223 Å². The number of ether oxygens (including phenoxy) is 2. The molecule has 198 valence electrons. The number of amides is 1. The van der Waals surface area contributed by atoms with Crippen LogP contribution in [-0.4, -0.2) is 39.6 Å². The van der Waals surface area contributed by atoms with E-state index in [2.05, 4.69) is 33.2 Å². The van der Waals surface area contributed by atoms with Crippen molar-refractivity contribution in [2.45, 2.75) is 76.6 Å². The van der Waals surface area contributed by atoms with Crippen LogP contribution in [0.15, 0.2) is 55.1 Å². The number of nitrogens with two attached hydrogens (primary N) is 1. The number of carbonyl (C=O) groups is 1. The molecule has 1 aromatic heterocycles. The van der Waals surface area contributed by atoms with Crippen molar-refractivity contribution >= 4 is 17.5 Å². The summed E-state index contributed by atoms with van der Waals surface area (Å²) in [5.41, 5.74) is 4.02. The maximum absolute atomic E-state index is 12.0. The molecule has 3 aromatic rings. The number of hydrogen-bond acceptors (Lipinski definition) is 7. The molecule has 0 bridgehead atoms. The van der Waals surface area contributed by atoms with E-state index in [0.29, 0.717) is 12.6 Å². The van der Waals surface area contributed by atoms with Crippen LogP contribution in [0.2, 0.25) is 0 Å². The van der Waals surface area contributed by atoms with Crippen LogP contribution in [0.5, 0.6) is 5.75 Å². The molecule has 2 N–H and O–H groups in total. The highest BCUT2D eigenvalue weighted by Gasteiger charge is 2.44. The summed E-state index contributed by atoms with van der Waals surface area (Å²) >= 11 is 0. The number of carbonyl (C=O) groups excluding carboxylic acids is 1. The average Bonchev–Trinajstić information content (AvgIpc) is 3.49. The van der Waals surface area contributed by atoms with Crippen LogP contribution in [0.4, 0.5) is 16.2 Å². The molecule has 5 rings (SSSR count). The molecule has 2 aliphatic rings. The number of unbranched alkanes of at least 4 members (excludes halogenated alkanes) is 1. The molecule has 1 amide bonds. The van der Waals surface area contributed by atoms with Crippen molar-refractivity contribution in [3.8, 4) is 11.8 Å². The molecule has 2 unspecified atom stereocenters. The second kappa shape index (κ2) is 11.7. The van der Waals surface area contributed by atoms with E-state index in [0.717, 1.165) is 60.5 Å². The maximum atomic E-state index is 12.0.